The molecule has 1 aromatic rings. The van der Waals surface area contributed by atoms with Crippen molar-refractivity contribution in [1.29, 1.82) is 0 Å². The van der Waals surface area contributed by atoms with Crippen LogP contribution in [0.2, 0.25) is 5.02 Å². The first-order valence-corrected chi connectivity index (χ1v) is 5.63. The Kier molecular flexibility index (Phi) is 4.92. The number of hydrogen-bond donors (Lipinski definition) is 1. The molecule has 1 atom stereocenters. The molecule has 84 valence electrons. The lowest BCUT2D eigenvalue weighted by Crippen LogP contribution is -2.31. The van der Waals surface area contributed by atoms with Crippen molar-refractivity contribution in [1.82, 2.24) is 5.32 Å². The largest absolute Gasteiger partial charge is 0.492 e. The predicted molar refractivity (Wildman–Crippen MR) is 64.8 cm³/mol. The van der Waals surface area contributed by atoms with Crippen molar-refractivity contribution < 1.29 is 4.74 Å². The Morgan fingerprint density at radius 2 is 2.20 bits per heavy atom. The second kappa shape index (κ2) is 5.99. The van der Waals surface area contributed by atoms with Crippen molar-refractivity contribution in [3.8, 4) is 5.75 Å². The zero-order valence-corrected chi connectivity index (χ0v) is 10.3. The van der Waals surface area contributed by atoms with Crippen LogP contribution < -0.4 is 10.1 Å². The van der Waals surface area contributed by atoms with Gasteiger partial charge in [0.15, 0.2) is 0 Å². The van der Waals surface area contributed by atoms with E-state index < -0.39 is 0 Å². The molecule has 3 heteroatoms. The molecule has 0 heterocycles. The zero-order chi connectivity index (χ0) is 11.3. The number of aryl methyl sites for hydroxylation is 1. The molecule has 0 fully saturated rings. The van der Waals surface area contributed by atoms with Crippen LogP contribution in [0.3, 0.4) is 0 Å². The number of halogens is 1. The standard InChI is InChI=1S/C12H18ClNO/c1-4-14-10(3)8-15-12-7-11(13)6-5-9(12)2/h5-7,10,14H,4,8H2,1-3H3. The maximum Gasteiger partial charge on any atom is 0.123 e. The first kappa shape index (κ1) is 12.3. The van der Waals surface area contributed by atoms with Gasteiger partial charge in [-0.2, -0.15) is 0 Å². The number of nitrogens with one attached hydrogen (secondary N) is 1. The molecular formula is C12H18ClNO. The van der Waals surface area contributed by atoms with Crippen LogP contribution >= 0.6 is 11.6 Å². The summed E-state index contributed by atoms with van der Waals surface area (Å²) < 4.78 is 5.68. The van der Waals surface area contributed by atoms with E-state index in [9.17, 15) is 0 Å². The summed E-state index contributed by atoms with van der Waals surface area (Å²) in [5.74, 6) is 0.868. The van der Waals surface area contributed by atoms with Crippen molar-refractivity contribution in [3.05, 3.63) is 28.8 Å². The van der Waals surface area contributed by atoms with Gasteiger partial charge in [-0.1, -0.05) is 24.6 Å². The van der Waals surface area contributed by atoms with E-state index in [1.807, 2.05) is 25.1 Å². The van der Waals surface area contributed by atoms with Gasteiger partial charge in [0, 0.05) is 11.1 Å². The van der Waals surface area contributed by atoms with Gasteiger partial charge in [-0.3, -0.25) is 0 Å². The van der Waals surface area contributed by atoms with Crippen molar-refractivity contribution in [3.63, 3.8) is 0 Å². The Bertz CT molecular complexity index is 314. The lowest BCUT2D eigenvalue weighted by atomic mass is 10.2. The van der Waals surface area contributed by atoms with Crippen molar-refractivity contribution >= 4 is 11.6 Å². The fourth-order valence-electron chi connectivity index (χ4n) is 1.35. The molecule has 2 nitrogen and oxygen atoms in total. The van der Waals surface area contributed by atoms with Gasteiger partial charge in [-0.15, -0.1) is 0 Å². The number of ether oxygens (including phenoxy) is 1. The van der Waals surface area contributed by atoms with Crippen molar-refractivity contribution in [2.24, 2.45) is 0 Å². The Balaban J connectivity index is 2.53. The molecule has 0 aromatic heterocycles. The van der Waals surface area contributed by atoms with Crippen LogP contribution in [-0.4, -0.2) is 19.2 Å². The highest BCUT2D eigenvalue weighted by Gasteiger charge is 2.04. The van der Waals surface area contributed by atoms with Gasteiger partial charge in [0.1, 0.15) is 12.4 Å². The predicted octanol–water partition coefficient (Wildman–Crippen LogP) is 3.03. The maximum atomic E-state index is 5.90. The quantitative estimate of drug-likeness (QED) is 0.835. The molecule has 1 aromatic carbocycles. The van der Waals surface area contributed by atoms with Crippen LogP contribution in [0.5, 0.6) is 5.75 Å². The van der Waals surface area contributed by atoms with Gasteiger partial charge < -0.3 is 10.1 Å². The highest BCUT2D eigenvalue weighted by atomic mass is 35.5. The molecule has 1 N–H and O–H groups in total. The lowest BCUT2D eigenvalue weighted by molar-refractivity contribution is 0.274. The minimum absolute atomic E-state index is 0.355. The highest BCUT2D eigenvalue weighted by Crippen LogP contribution is 2.22. The van der Waals surface area contributed by atoms with E-state index in [1.54, 1.807) is 0 Å². The fraction of sp³-hybridized carbons (Fsp3) is 0.500. The molecule has 0 saturated carbocycles. The Hall–Kier alpha value is -0.730. The highest BCUT2D eigenvalue weighted by molar-refractivity contribution is 6.30. The van der Waals surface area contributed by atoms with E-state index in [-0.39, 0.29) is 0 Å². The van der Waals surface area contributed by atoms with Crippen LogP contribution in [0, 0.1) is 6.92 Å². The number of likely N-dealkylation sites (N-methyl/N-ethyl adjacent to an activating group) is 1. The topological polar surface area (TPSA) is 21.3 Å². The minimum Gasteiger partial charge on any atom is -0.492 e. The van der Waals surface area contributed by atoms with Crippen LogP contribution in [0.4, 0.5) is 0 Å². The summed E-state index contributed by atoms with van der Waals surface area (Å²) >= 11 is 5.90. The smallest absolute Gasteiger partial charge is 0.123 e. The van der Waals surface area contributed by atoms with E-state index in [0.29, 0.717) is 17.7 Å². The summed E-state index contributed by atoms with van der Waals surface area (Å²) in [4.78, 5) is 0. The van der Waals surface area contributed by atoms with E-state index in [0.717, 1.165) is 17.9 Å². The lowest BCUT2D eigenvalue weighted by Gasteiger charge is -2.15. The molecule has 0 amide bonds. The average molecular weight is 228 g/mol. The van der Waals surface area contributed by atoms with Gasteiger partial charge in [-0.25, -0.2) is 0 Å². The van der Waals surface area contributed by atoms with Crippen molar-refractivity contribution in [2.75, 3.05) is 13.2 Å². The summed E-state index contributed by atoms with van der Waals surface area (Å²) in [7, 11) is 0. The Morgan fingerprint density at radius 3 is 2.87 bits per heavy atom. The van der Waals surface area contributed by atoms with Gasteiger partial charge >= 0.3 is 0 Å². The summed E-state index contributed by atoms with van der Waals surface area (Å²) in [5.41, 5.74) is 1.11. The van der Waals surface area contributed by atoms with Gasteiger partial charge in [0.05, 0.1) is 0 Å². The molecule has 0 aliphatic carbocycles. The van der Waals surface area contributed by atoms with Gasteiger partial charge in [0.25, 0.3) is 0 Å². The average Bonchev–Trinajstić information content (AvgIpc) is 2.20. The minimum atomic E-state index is 0.355. The molecular weight excluding hydrogens is 210 g/mol. The van der Waals surface area contributed by atoms with Crippen LogP contribution in [0.1, 0.15) is 19.4 Å². The first-order valence-electron chi connectivity index (χ1n) is 5.25. The number of hydrogen-bond acceptors (Lipinski definition) is 2. The molecule has 0 bridgehead atoms. The van der Waals surface area contributed by atoms with E-state index in [2.05, 4.69) is 19.2 Å². The summed E-state index contributed by atoms with van der Waals surface area (Å²) in [6.07, 6.45) is 0. The summed E-state index contributed by atoms with van der Waals surface area (Å²) in [6, 6.07) is 6.05. The van der Waals surface area contributed by atoms with Gasteiger partial charge in [0.2, 0.25) is 0 Å². The third-order valence-electron chi connectivity index (χ3n) is 2.19. The maximum absolute atomic E-state index is 5.90. The molecule has 15 heavy (non-hydrogen) atoms. The SMILES string of the molecule is CCNC(C)COc1cc(Cl)ccc1C. The van der Waals surface area contributed by atoms with Crippen LogP contribution in [0.25, 0.3) is 0 Å². The summed E-state index contributed by atoms with van der Waals surface area (Å²) in [5, 5.41) is 4.01. The van der Waals surface area contributed by atoms with E-state index in [4.69, 9.17) is 16.3 Å². The Morgan fingerprint density at radius 1 is 1.47 bits per heavy atom. The normalized spacial score (nSPS) is 12.5. The van der Waals surface area contributed by atoms with Crippen LogP contribution in [-0.2, 0) is 0 Å². The monoisotopic (exact) mass is 227 g/mol. The van der Waals surface area contributed by atoms with E-state index in [1.165, 1.54) is 0 Å². The Labute approximate surface area is 96.6 Å². The molecule has 0 radical (unpaired) electrons. The third-order valence-corrected chi connectivity index (χ3v) is 2.43. The van der Waals surface area contributed by atoms with Crippen LogP contribution in [0.15, 0.2) is 18.2 Å². The fourth-order valence-corrected chi connectivity index (χ4v) is 1.51. The molecule has 0 spiro atoms. The number of benzene rings is 1. The first-order chi connectivity index (χ1) is 7.13. The molecule has 1 rings (SSSR count). The van der Waals surface area contributed by atoms with E-state index >= 15 is 0 Å². The van der Waals surface area contributed by atoms with Gasteiger partial charge in [-0.05, 0) is 38.1 Å². The summed E-state index contributed by atoms with van der Waals surface area (Å²) in [6.45, 7) is 7.82. The molecule has 1 unspecified atom stereocenters. The second-order valence-electron chi connectivity index (χ2n) is 3.68. The number of rotatable bonds is 5. The second-order valence-corrected chi connectivity index (χ2v) is 4.12. The molecule has 0 aliphatic heterocycles. The van der Waals surface area contributed by atoms with Crippen molar-refractivity contribution in [2.45, 2.75) is 26.8 Å². The zero-order valence-electron chi connectivity index (χ0n) is 9.51. The molecule has 0 saturated heterocycles. The molecule has 0 aliphatic rings. The third kappa shape index (κ3) is 4.10.